The van der Waals surface area contributed by atoms with Crippen LogP contribution in [0.15, 0.2) is 73.3 Å². The van der Waals surface area contributed by atoms with Crippen LogP contribution in [0.1, 0.15) is 191 Å². The minimum atomic E-state index is -0.723. The SMILES string of the molecule is C=CC(=O)OCCCC.CCC1(C)CC(=O)C(C)C(C)(CC)N1OC(C)c1ccccc1.CCCCOC(=O)C(CC(C)c1ccccc1)ON1C(C)(CC)CC(=O)C(C)C1(C)CC. The van der Waals surface area contributed by atoms with Crippen molar-refractivity contribution in [2.45, 2.75) is 208 Å². The van der Waals surface area contributed by atoms with Crippen LogP contribution in [0.4, 0.5) is 0 Å². The number of esters is 2. The van der Waals surface area contributed by atoms with Gasteiger partial charge < -0.3 is 9.47 Å². The van der Waals surface area contributed by atoms with Crippen LogP contribution in [0.2, 0.25) is 0 Å². The fourth-order valence-electron chi connectivity index (χ4n) is 8.69. The van der Waals surface area contributed by atoms with Gasteiger partial charge in [-0.05, 0) is 96.6 Å². The number of Topliss-reactive ketones (excluding diaryl/α,β-unsaturated/α-hetero) is 2. The van der Waals surface area contributed by atoms with Crippen LogP contribution in [0.5, 0.6) is 0 Å². The van der Waals surface area contributed by atoms with Crippen molar-refractivity contribution in [3.05, 3.63) is 84.4 Å². The Bertz CT molecular complexity index is 1740. The molecule has 0 saturated carbocycles. The highest BCUT2D eigenvalue weighted by molar-refractivity contribution is 5.85. The molecule has 0 bridgehead atoms. The molecule has 360 valence electrons. The molecule has 10 nitrogen and oxygen atoms in total. The summed E-state index contributed by atoms with van der Waals surface area (Å²) < 4.78 is 10.3. The number of rotatable bonds is 20. The third-order valence-corrected chi connectivity index (χ3v) is 14.4. The summed E-state index contributed by atoms with van der Waals surface area (Å²) in [4.78, 5) is 62.0. The lowest BCUT2D eigenvalue weighted by Crippen LogP contribution is -2.67. The first-order valence-electron chi connectivity index (χ1n) is 24.3. The van der Waals surface area contributed by atoms with E-state index in [-0.39, 0.29) is 52.7 Å². The molecule has 2 aliphatic rings. The molecule has 64 heavy (non-hydrogen) atoms. The Labute approximate surface area is 388 Å². The molecule has 0 aliphatic carbocycles. The predicted octanol–water partition coefficient (Wildman–Crippen LogP) is 12.5. The van der Waals surface area contributed by atoms with Crippen LogP contribution in [0, 0.1) is 11.8 Å². The summed E-state index contributed by atoms with van der Waals surface area (Å²) >= 11 is 0. The monoisotopic (exact) mass is 891 g/mol. The zero-order valence-electron chi connectivity index (χ0n) is 42.3. The topological polar surface area (TPSA) is 112 Å². The van der Waals surface area contributed by atoms with Gasteiger partial charge in [0.2, 0.25) is 0 Å². The molecule has 9 atom stereocenters. The number of ketones is 2. The molecule has 2 saturated heterocycles. The minimum Gasteiger partial charge on any atom is -0.464 e. The Hall–Kier alpha value is -3.70. The minimum absolute atomic E-state index is 0.0184. The van der Waals surface area contributed by atoms with Gasteiger partial charge in [-0.25, -0.2) is 9.59 Å². The van der Waals surface area contributed by atoms with Gasteiger partial charge in [0.1, 0.15) is 17.7 Å². The van der Waals surface area contributed by atoms with Crippen molar-refractivity contribution in [1.29, 1.82) is 0 Å². The van der Waals surface area contributed by atoms with Crippen molar-refractivity contribution in [2.75, 3.05) is 13.2 Å². The first-order valence-corrected chi connectivity index (χ1v) is 24.3. The predicted molar refractivity (Wildman–Crippen MR) is 258 cm³/mol. The molecule has 10 heteroatoms. The smallest absolute Gasteiger partial charge is 0.337 e. The first-order chi connectivity index (χ1) is 30.2. The van der Waals surface area contributed by atoms with Gasteiger partial charge in [0.25, 0.3) is 0 Å². The molecule has 2 heterocycles. The van der Waals surface area contributed by atoms with Crippen LogP contribution in [-0.2, 0) is 38.3 Å². The van der Waals surface area contributed by atoms with Crippen molar-refractivity contribution < 1.29 is 38.3 Å². The number of piperidine rings is 2. The highest BCUT2D eigenvalue weighted by Gasteiger charge is 2.55. The summed E-state index contributed by atoms with van der Waals surface area (Å²) in [7, 11) is 0. The van der Waals surface area contributed by atoms with Crippen molar-refractivity contribution in [3.63, 3.8) is 0 Å². The van der Waals surface area contributed by atoms with E-state index >= 15 is 0 Å². The van der Waals surface area contributed by atoms with Crippen LogP contribution >= 0.6 is 0 Å². The maximum absolute atomic E-state index is 13.2. The highest BCUT2D eigenvalue weighted by Crippen LogP contribution is 2.46. The molecule has 0 radical (unpaired) electrons. The standard InChI is InChI=1S/C27H43NO4.C20H31NO2.C7H12O2/c1-8-11-17-31-25(30)24(18-20(4)22-15-13-12-14-16-22)32-28-26(6,9-2)19-23(29)21(5)27(28,7)10-3;1-7-19(5)14-18(22)15(3)20(6,8-2)21(19)23-16(4)17-12-10-9-11-13-17;1-3-5-6-9-7(8)4-2/h12-16,20-21,24H,8-11,17-19H2,1-7H3;9-13,15-16H,7-8,14H2,1-6H3;4H,2-3,5-6H2,1H3. The maximum atomic E-state index is 13.2. The molecule has 2 aromatic carbocycles. The Morgan fingerprint density at radius 3 is 1.50 bits per heavy atom. The van der Waals surface area contributed by atoms with Gasteiger partial charge in [0, 0.05) is 30.8 Å². The lowest BCUT2D eigenvalue weighted by atomic mass is 9.70. The second-order valence-corrected chi connectivity index (χ2v) is 19.0. The van der Waals surface area contributed by atoms with Gasteiger partial charge in [0.05, 0.1) is 35.4 Å². The van der Waals surface area contributed by atoms with E-state index in [0.29, 0.717) is 38.3 Å². The zero-order valence-corrected chi connectivity index (χ0v) is 42.3. The summed E-state index contributed by atoms with van der Waals surface area (Å²) in [6.07, 6.45) is 8.98. The Balaban J connectivity index is 0.000000382. The lowest BCUT2D eigenvalue weighted by molar-refractivity contribution is -0.315. The van der Waals surface area contributed by atoms with E-state index in [0.717, 1.165) is 56.9 Å². The Kier molecular flexibility index (Phi) is 23.3. The normalized spacial score (nSPS) is 27.5. The van der Waals surface area contributed by atoms with Crippen molar-refractivity contribution >= 4 is 23.5 Å². The number of hydrogen-bond acceptors (Lipinski definition) is 10. The molecule has 0 spiro atoms. The van der Waals surface area contributed by atoms with Gasteiger partial charge in [-0.15, -0.1) is 0 Å². The second-order valence-electron chi connectivity index (χ2n) is 19.0. The molecule has 9 unspecified atom stereocenters. The summed E-state index contributed by atoms with van der Waals surface area (Å²) in [6, 6.07) is 20.5. The summed E-state index contributed by atoms with van der Waals surface area (Å²) in [6.45, 7) is 33.5. The van der Waals surface area contributed by atoms with Gasteiger partial charge in [-0.3, -0.25) is 19.3 Å². The average molecular weight is 891 g/mol. The third kappa shape index (κ3) is 14.7. The van der Waals surface area contributed by atoms with Gasteiger partial charge in [0.15, 0.2) is 6.10 Å². The zero-order chi connectivity index (χ0) is 48.3. The first kappa shape index (κ1) is 56.4. The van der Waals surface area contributed by atoms with Crippen LogP contribution < -0.4 is 0 Å². The summed E-state index contributed by atoms with van der Waals surface area (Å²) in [5, 5.41) is 4.15. The third-order valence-electron chi connectivity index (χ3n) is 14.4. The van der Waals surface area contributed by atoms with E-state index in [2.05, 4.69) is 117 Å². The van der Waals surface area contributed by atoms with Crippen LogP contribution in [0.25, 0.3) is 0 Å². The van der Waals surface area contributed by atoms with E-state index in [1.54, 1.807) is 0 Å². The summed E-state index contributed by atoms with van der Waals surface area (Å²) in [5.74, 6) is -0.0922. The molecule has 0 N–H and O–H groups in total. The van der Waals surface area contributed by atoms with Crippen molar-refractivity contribution in [1.82, 2.24) is 10.1 Å². The Morgan fingerprint density at radius 1 is 0.672 bits per heavy atom. The van der Waals surface area contributed by atoms with Gasteiger partial charge >= 0.3 is 11.9 Å². The van der Waals surface area contributed by atoms with Gasteiger partial charge in [-0.2, -0.15) is 10.1 Å². The van der Waals surface area contributed by atoms with Crippen LogP contribution in [0.3, 0.4) is 0 Å². The van der Waals surface area contributed by atoms with E-state index in [9.17, 15) is 19.2 Å². The number of hydroxylamine groups is 4. The highest BCUT2D eigenvalue weighted by atomic mass is 16.7. The summed E-state index contributed by atoms with van der Waals surface area (Å²) in [5.41, 5.74) is 0.848. The molecule has 0 aromatic heterocycles. The number of benzene rings is 2. The van der Waals surface area contributed by atoms with Gasteiger partial charge in [-0.1, -0.05) is 142 Å². The quantitative estimate of drug-likeness (QED) is 0.0723. The lowest BCUT2D eigenvalue weighted by Gasteiger charge is -2.56. The number of unbranched alkanes of at least 4 members (excludes halogenated alkanes) is 2. The molecular weight excluding hydrogens is 805 g/mol. The number of hydrogen-bond donors (Lipinski definition) is 0. The Morgan fingerprint density at radius 2 is 1.09 bits per heavy atom. The molecule has 2 aliphatic heterocycles. The van der Waals surface area contributed by atoms with E-state index in [4.69, 9.17) is 14.4 Å². The van der Waals surface area contributed by atoms with E-state index in [1.807, 2.05) is 62.2 Å². The number of carbonyl (C=O) groups excluding carboxylic acids is 4. The fraction of sp³-hybridized carbons (Fsp3) is 0.667. The number of ether oxygens (including phenoxy) is 2. The van der Waals surface area contributed by atoms with E-state index < -0.39 is 17.2 Å². The van der Waals surface area contributed by atoms with E-state index in [1.165, 1.54) is 11.6 Å². The van der Waals surface area contributed by atoms with Crippen LogP contribution in [-0.4, -0.2) is 75.1 Å². The van der Waals surface area contributed by atoms with Crippen molar-refractivity contribution in [2.24, 2.45) is 11.8 Å². The molecule has 2 aromatic rings. The molecular formula is C54H86N2O8. The van der Waals surface area contributed by atoms with Crippen molar-refractivity contribution in [3.8, 4) is 0 Å². The number of carbonyl (C=O) groups is 4. The molecule has 0 amide bonds. The number of nitrogens with zero attached hydrogens (tertiary/aromatic N) is 2. The maximum Gasteiger partial charge on any atom is 0.337 e. The molecule has 4 rings (SSSR count). The largest absolute Gasteiger partial charge is 0.464 e. The fourth-order valence-corrected chi connectivity index (χ4v) is 8.69. The second kappa shape index (κ2) is 26.4. The average Bonchev–Trinajstić information content (AvgIpc) is 3.30. The molecule has 2 fully saturated rings.